The molecule has 22 heavy (non-hydrogen) atoms. The standard InChI is InChI=1S/C16H24O6/c1-11(15(19)21-3)13(17)9-7-5-6-8-10-14(18)12(2)16(20)22-4/h5-6,13-14,17-18H,1-2,7-10H2,3-4H3/b6-5+. The molecule has 2 atom stereocenters. The first-order chi connectivity index (χ1) is 10.3. The summed E-state index contributed by atoms with van der Waals surface area (Å²) in [5, 5.41) is 19.4. The summed E-state index contributed by atoms with van der Waals surface area (Å²) in [7, 11) is 2.46. The lowest BCUT2D eigenvalue weighted by Crippen LogP contribution is -2.18. The van der Waals surface area contributed by atoms with Crippen molar-refractivity contribution < 1.29 is 29.3 Å². The second-order valence-electron chi connectivity index (χ2n) is 4.69. The van der Waals surface area contributed by atoms with Crippen molar-refractivity contribution in [2.24, 2.45) is 0 Å². The maximum atomic E-state index is 11.1. The van der Waals surface area contributed by atoms with E-state index in [4.69, 9.17) is 0 Å². The fourth-order valence-electron chi connectivity index (χ4n) is 1.63. The van der Waals surface area contributed by atoms with Crippen molar-refractivity contribution in [1.82, 2.24) is 0 Å². The Hall–Kier alpha value is -1.92. The average Bonchev–Trinajstić information content (AvgIpc) is 2.54. The normalized spacial score (nSPS) is 13.5. The van der Waals surface area contributed by atoms with Crippen LogP contribution in [0.15, 0.2) is 36.5 Å². The van der Waals surface area contributed by atoms with Gasteiger partial charge in [0.05, 0.1) is 37.6 Å². The second-order valence-corrected chi connectivity index (χ2v) is 4.69. The van der Waals surface area contributed by atoms with Gasteiger partial charge in [-0.25, -0.2) is 9.59 Å². The Labute approximate surface area is 130 Å². The summed E-state index contributed by atoms with van der Waals surface area (Å²) < 4.78 is 8.93. The summed E-state index contributed by atoms with van der Waals surface area (Å²) in [6.45, 7) is 6.94. The molecule has 0 aromatic rings. The number of esters is 2. The molecule has 0 aliphatic carbocycles. The Balaban J connectivity index is 3.97. The van der Waals surface area contributed by atoms with Crippen LogP contribution in [0, 0.1) is 0 Å². The van der Waals surface area contributed by atoms with Crippen LogP contribution in [0.3, 0.4) is 0 Å². The number of methoxy groups -OCH3 is 2. The molecule has 0 amide bonds. The molecule has 0 heterocycles. The van der Waals surface area contributed by atoms with Crippen LogP contribution in [0.5, 0.6) is 0 Å². The molecule has 0 aliphatic rings. The molecular weight excluding hydrogens is 288 g/mol. The van der Waals surface area contributed by atoms with Gasteiger partial charge in [0.2, 0.25) is 0 Å². The van der Waals surface area contributed by atoms with E-state index in [1.165, 1.54) is 14.2 Å². The third-order valence-electron chi connectivity index (χ3n) is 3.08. The van der Waals surface area contributed by atoms with Crippen LogP contribution in [-0.4, -0.2) is 48.6 Å². The van der Waals surface area contributed by atoms with Crippen LogP contribution < -0.4 is 0 Å². The zero-order chi connectivity index (χ0) is 17.1. The minimum Gasteiger partial charge on any atom is -0.466 e. The Morgan fingerprint density at radius 3 is 1.50 bits per heavy atom. The Bertz CT molecular complexity index is 398. The Morgan fingerprint density at radius 2 is 1.23 bits per heavy atom. The number of carbonyl (C=O) groups excluding carboxylic acids is 2. The van der Waals surface area contributed by atoms with Crippen molar-refractivity contribution in [2.75, 3.05) is 14.2 Å². The highest BCUT2D eigenvalue weighted by atomic mass is 16.5. The molecular formula is C16H24O6. The van der Waals surface area contributed by atoms with Gasteiger partial charge in [0, 0.05) is 0 Å². The molecule has 6 nitrogen and oxygen atoms in total. The predicted octanol–water partition coefficient (Wildman–Crippen LogP) is 1.28. The highest BCUT2D eigenvalue weighted by Gasteiger charge is 2.16. The first-order valence-corrected chi connectivity index (χ1v) is 6.90. The van der Waals surface area contributed by atoms with Crippen LogP contribution in [0.25, 0.3) is 0 Å². The average molecular weight is 312 g/mol. The molecule has 124 valence electrons. The third kappa shape index (κ3) is 7.19. The molecule has 0 saturated heterocycles. The molecule has 0 rings (SSSR count). The zero-order valence-electron chi connectivity index (χ0n) is 13.1. The maximum absolute atomic E-state index is 11.1. The van der Waals surface area contributed by atoms with Gasteiger partial charge >= 0.3 is 11.9 Å². The van der Waals surface area contributed by atoms with Gasteiger partial charge in [0.15, 0.2) is 0 Å². The lowest BCUT2D eigenvalue weighted by atomic mass is 10.0. The van der Waals surface area contributed by atoms with E-state index in [1.807, 2.05) is 12.2 Å². The minimum absolute atomic E-state index is 0.0284. The molecule has 6 heteroatoms. The molecule has 0 radical (unpaired) electrons. The van der Waals surface area contributed by atoms with Crippen molar-refractivity contribution in [3.8, 4) is 0 Å². The molecule has 2 unspecified atom stereocenters. The minimum atomic E-state index is -0.943. The smallest absolute Gasteiger partial charge is 0.335 e. The fourth-order valence-corrected chi connectivity index (χ4v) is 1.63. The van der Waals surface area contributed by atoms with Crippen molar-refractivity contribution >= 4 is 11.9 Å². The van der Waals surface area contributed by atoms with Crippen LogP contribution in [0.4, 0.5) is 0 Å². The van der Waals surface area contributed by atoms with E-state index in [1.54, 1.807) is 0 Å². The van der Waals surface area contributed by atoms with Crippen molar-refractivity contribution in [2.45, 2.75) is 37.9 Å². The molecule has 0 bridgehead atoms. The summed E-state index contributed by atoms with van der Waals surface area (Å²) in [5.41, 5.74) is 0.0569. The Kier molecular flexibility index (Phi) is 9.82. The number of aliphatic hydroxyl groups is 2. The number of aliphatic hydroxyl groups excluding tert-OH is 2. The Morgan fingerprint density at radius 1 is 0.909 bits per heavy atom. The molecule has 0 aromatic heterocycles. The van der Waals surface area contributed by atoms with Gasteiger partial charge < -0.3 is 19.7 Å². The first-order valence-electron chi connectivity index (χ1n) is 6.90. The number of allylic oxidation sites excluding steroid dienone is 2. The van der Waals surface area contributed by atoms with Crippen molar-refractivity contribution in [3.05, 3.63) is 36.5 Å². The van der Waals surface area contributed by atoms with E-state index in [0.29, 0.717) is 25.7 Å². The highest BCUT2D eigenvalue weighted by Crippen LogP contribution is 2.11. The van der Waals surface area contributed by atoms with Gasteiger partial charge in [-0.1, -0.05) is 25.3 Å². The molecule has 0 aromatic carbocycles. The number of rotatable bonds is 10. The molecule has 0 saturated carbocycles. The van der Waals surface area contributed by atoms with Crippen LogP contribution in [-0.2, 0) is 19.1 Å². The van der Waals surface area contributed by atoms with E-state index in [9.17, 15) is 19.8 Å². The van der Waals surface area contributed by atoms with Crippen molar-refractivity contribution in [1.29, 1.82) is 0 Å². The summed E-state index contributed by atoms with van der Waals surface area (Å²) >= 11 is 0. The quantitative estimate of drug-likeness (QED) is 0.359. The van der Waals surface area contributed by atoms with Gasteiger partial charge in [-0.3, -0.25) is 0 Å². The van der Waals surface area contributed by atoms with E-state index in [2.05, 4.69) is 22.6 Å². The van der Waals surface area contributed by atoms with Gasteiger partial charge in [0.25, 0.3) is 0 Å². The van der Waals surface area contributed by atoms with Gasteiger partial charge in [0.1, 0.15) is 0 Å². The SMILES string of the molecule is C=C(C(=O)OC)C(O)CC/C=C/CCC(O)C(=C)C(=O)OC. The number of carbonyl (C=O) groups is 2. The monoisotopic (exact) mass is 312 g/mol. The zero-order valence-corrected chi connectivity index (χ0v) is 13.1. The summed E-state index contributed by atoms with van der Waals surface area (Å²) in [4.78, 5) is 22.3. The van der Waals surface area contributed by atoms with E-state index in [-0.39, 0.29) is 11.1 Å². The van der Waals surface area contributed by atoms with Crippen LogP contribution in [0.1, 0.15) is 25.7 Å². The lowest BCUT2D eigenvalue weighted by molar-refractivity contribution is -0.138. The van der Waals surface area contributed by atoms with Crippen molar-refractivity contribution in [3.63, 3.8) is 0 Å². The summed E-state index contributed by atoms with van der Waals surface area (Å²) in [5.74, 6) is -1.25. The highest BCUT2D eigenvalue weighted by molar-refractivity contribution is 5.89. The number of ether oxygens (including phenoxy) is 2. The largest absolute Gasteiger partial charge is 0.466 e. The van der Waals surface area contributed by atoms with E-state index >= 15 is 0 Å². The first kappa shape index (κ1) is 20.1. The van der Waals surface area contributed by atoms with Crippen LogP contribution in [0.2, 0.25) is 0 Å². The number of hydrogen-bond acceptors (Lipinski definition) is 6. The predicted molar refractivity (Wildman–Crippen MR) is 81.9 cm³/mol. The summed E-state index contributed by atoms with van der Waals surface area (Å²) in [6, 6.07) is 0. The molecule has 0 fully saturated rings. The lowest BCUT2D eigenvalue weighted by Gasteiger charge is -2.11. The van der Waals surface area contributed by atoms with E-state index < -0.39 is 24.1 Å². The molecule has 0 spiro atoms. The molecule has 2 N–H and O–H groups in total. The molecule has 0 aliphatic heterocycles. The fraction of sp³-hybridized carbons (Fsp3) is 0.500. The van der Waals surface area contributed by atoms with E-state index in [0.717, 1.165) is 0 Å². The number of hydrogen-bond donors (Lipinski definition) is 2. The maximum Gasteiger partial charge on any atom is 0.335 e. The van der Waals surface area contributed by atoms with Crippen LogP contribution >= 0.6 is 0 Å². The third-order valence-corrected chi connectivity index (χ3v) is 3.08. The topological polar surface area (TPSA) is 93.1 Å². The van der Waals surface area contributed by atoms with Gasteiger partial charge in [-0.15, -0.1) is 0 Å². The van der Waals surface area contributed by atoms with Gasteiger partial charge in [-0.05, 0) is 25.7 Å². The second kappa shape index (κ2) is 10.8. The van der Waals surface area contributed by atoms with Gasteiger partial charge in [-0.2, -0.15) is 0 Å². The summed E-state index contributed by atoms with van der Waals surface area (Å²) in [6.07, 6.45) is 3.55.